The molecule has 1 atom stereocenters. The fourth-order valence-corrected chi connectivity index (χ4v) is 5.17. The fourth-order valence-electron chi connectivity index (χ4n) is 2.83. The zero-order valence-electron chi connectivity index (χ0n) is 15.6. The van der Waals surface area contributed by atoms with Crippen molar-refractivity contribution < 1.29 is 17.9 Å². The Morgan fingerprint density at radius 1 is 1.28 bits per heavy atom. The minimum Gasteiger partial charge on any atom is -0.476 e. The second-order valence-corrected chi connectivity index (χ2v) is 10.3. The Kier molecular flexibility index (Phi) is 7.21. The van der Waals surface area contributed by atoms with Gasteiger partial charge in [-0.1, -0.05) is 41.4 Å². The molecule has 0 saturated carbocycles. The lowest BCUT2D eigenvalue weighted by Gasteiger charge is -2.33. The number of hydrogen-bond acceptors (Lipinski definition) is 5. The average Bonchev–Trinajstić information content (AvgIpc) is 2.67. The number of carbonyl (C=O) groups excluding carboxylic acids is 1. The van der Waals surface area contributed by atoms with Gasteiger partial charge < -0.3 is 10.1 Å². The van der Waals surface area contributed by atoms with Gasteiger partial charge in [-0.05, 0) is 29.8 Å². The van der Waals surface area contributed by atoms with Crippen LogP contribution in [0.2, 0.25) is 10.0 Å². The van der Waals surface area contributed by atoms with Crippen LogP contribution in [0.1, 0.15) is 5.56 Å². The Bertz CT molecular complexity index is 1000. The summed E-state index contributed by atoms with van der Waals surface area (Å²) in [6.45, 7) is 0.365. The Morgan fingerprint density at radius 2 is 2.03 bits per heavy atom. The van der Waals surface area contributed by atoms with Crippen LogP contribution < -0.4 is 14.4 Å². The molecule has 10 heteroatoms. The van der Waals surface area contributed by atoms with Crippen molar-refractivity contribution in [1.29, 1.82) is 0 Å². The van der Waals surface area contributed by atoms with Crippen LogP contribution in [0.3, 0.4) is 0 Å². The van der Waals surface area contributed by atoms with Crippen molar-refractivity contribution in [3.05, 3.63) is 58.1 Å². The van der Waals surface area contributed by atoms with E-state index in [1.54, 1.807) is 48.2 Å². The van der Waals surface area contributed by atoms with Gasteiger partial charge in [0, 0.05) is 28.1 Å². The van der Waals surface area contributed by atoms with Gasteiger partial charge in [-0.15, -0.1) is 0 Å². The highest BCUT2D eigenvalue weighted by atomic mass is 35.5. The number of halogens is 2. The van der Waals surface area contributed by atoms with Gasteiger partial charge in [-0.2, -0.15) is 11.8 Å². The van der Waals surface area contributed by atoms with E-state index in [0.29, 0.717) is 39.5 Å². The maximum absolute atomic E-state index is 12.5. The van der Waals surface area contributed by atoms with Crippen LogP contribution in [0.15, 0.2) is 42.5 Å². The SMILES string of the molecule is CS(=O)(=O)N1C[C@H](C(=O)NCCSCc2ccc(Cl)cc2Cl)Oc2ccccc21. The van der Waals surface area contributed by atoms with Crippen LogP contribution in [0.4, 0.5) is 5.69 Å². The summed E-state index contributed by atoms with van der Waals surface area (Å²) in [5, 5.41) is 4.01. The van der Waals surface area contributed by atoms with E-state index in [1.807, 2.05) is 6.07 Å². The van der Waals surface area contributed by atoms with Gasteiger partial charge in [-0.3, -0.25) is 9.10 Å². The third-order valence-electron chi connectivity index (χ3n) is 4.25. The first-order chi connectivity index (χ1) is 13.8. The molecule has 1 N–H and O–H groups in total. The van der Waals surface area contributed by atoms with Crippen molar-refractivity contribution in [3.63, 3.8) is 0 Å². The summed E-state index contributed by atoms with van der Waals surface area (Å²) in [6, 6.07) is 12.1. The Labute approximate surface area is 184 Å². The lowest BCUT2D eigenvalue weighted by molar-refractivity contribution is -0.127. The summed E-state index contributed by atoms with van der Waals surface area (Å²) < 4.78 is 31.2. The van der Waals surface area contributed by atoms with E-state index in [9.17, 15) is 13.2 Å². The molecule has 0 fully saturated rings. The van der Waals surface area contributed by atoms with E-state index >= 15 is 0 Å². The molecule has 2 aromatic rings. The van der Waals surface area contributed by atoms with Gasteiger partial charge in [0.05, 0.1) is 18.5 Å². The number of para-hydroxylation sites is 2. The lowest BCUT2D eigenvalue weighted by Crippen LogP contribution is -2.50. The van der Waals surface area contributed by atoms with Gasteiger partial charge in [0.2, 0.25) is 10.0 Å². The van der Waals surface area contributed by atoms with Gasteiger partial charge in [0.1, 0.15) is 5.75 Å². The molecular weight excluding hydrogens is 455 g/mol. The first-order valence-electron chi connectivity index (χ1n) is 8.78. The molecule has 0 aromatic heterocycles. The molecule has 3 rings (SSSR count). The van der Waals surface area contributed by atoms with Crippen LogP contribution in [-0.4, -0.2) is 45.5 Å². The smallest absolute Gasteiger partial charge is 0.263 e. The number of thioether (sulfide) groups is 1. The third-order valence-corrected chi connectivity index (χ3v) is 6.99. The number of rotatable bonds is 7. The largest absolute Gasteiger partial charge is 0.476 e. The zero-order valence-corrected chi connectivity index (χ0v) is 18.7. The molecule has 1 heterocycles. The topological polar surface area (TPSA) is 75.7 Å². The van der Waals surface area contributed by atoms with Gasteiger partial charge in [0.25, 0.3) is 5.91 Å². The summed E-state index contributed by atoms with van der Waals surface area (Å²) in [7, 11) is -3.53. The fraction of sp³-hybridized carbons (Fsp3) is 0.316. The predicted octanol–water partition coefficient (Wildman–Crippen LogP) is 3.57. The molecule has 0 radical (unpaired) electrons. The first kappa shape index (κ1) is 22.1. The van der Waals surface area contributed by atoms with Crippen LogP contribution in [-0.2, 0) is 20.6 Å². The van der Waals surface area contributed by atoms with Crippen LogP contribution in [0.25, 0.3) is 0 Å². The summed E-state index contributed by atoms with van der Waals surface area (Å²) in [5.74, 6) is 1.39. The highest BCUT2D eigenvalue weighted by Gasteiger charge is 2.34. The van der Waals surface area contributed by atoms with Gasteiger partial charge in [-0.25, -0.2) is 8.42 Å². The van der Waals surface area contributed by atoms with Crippen LogP contribution in [0.5, 0.6) is 5.75 Å². The number of sulfonamides is 1. The highest BCUT2D eigenvalue weighted by Crippen LogP contribution is 2.34. The maximum atomic E-state index is 12.5. The predicted molar refractivity (Wildman–Crippen MR) is 119 cm³/mol. The Hall–Kier alpha value is -1.61. The molecule has 0 bridgehead atoms. The molecule has 29 heavy (non-hydrogen) atoms. The number of amides is 1. The molecular formula is C19H20Cl2N2O4S2. The van der Waals surface area contributed by atoms with Crippen molar-refractivity contribution in [2.75, 3.05) is 29.4 Å². The van der Waals surface area contributed by atoms with E-state index in [0.717, 1.165) is 11.8 Å². The molecule has 0 spiro atoms. The van der Waals surface area contributed by atoms with E-state index in [4.69, 9.17) is 27.9 Å². The summed E-state index contributed by atoms with van der Waals surface area (Å²) in [5.41, 5.74) is 1.41. The standard InChI is InChI=1S/C19H20Cl2N2O4S2/c1-29(25,26)23-11-18(27-17-5-3-2-4-16(17)23)19(24)22-8-9-28-12-13-6-7-14(20)10-15(13)21/h2-7,10,18H,8-9,11-12H2,1H3,(H,22,24)/t18-/m1/s1. The maximum Gasteiger partial charge on any atom is 0.263 e. The van der Waals surface area contributed by atoms with Crippen molar-refractivity contribution in [2.45, 2.75) is 11.9 Å². The second-order valence-electron chi connectivity index (χ2n) is 6.45. The number of nitrogens with zero attached hydrogens (tertiary/aromatic N) is 1. The number of ether oxygens (including phenoxy) is 1. The third kappa shape index (κ3) is 5.72. The molecule has 0 unspecified atom stereocenters. The number of benzene rings is 2. The Morgan fingerprint density at radius 3 is 2.76 bits per heavy atom. The van der Waals surface area contributed by atoms with E-state index in [1.165, 1.54) is 4.31 Å². The number of anilines is 1. The number of carbonyl (C=O) groups is 1. The minimum atomic E-state index is -3.53. The lowest BCUT2D eigenvalue weighted by atomic mass is 10.2. The molecule has 6 nitrogen and oxygen atoms in total. The second kappa shape index (κ2) is 9.47. The monoisotopic (exact) mass is 474 g/mol. The summed E-state index contributed by atoms with van der Waals surface area (Å²) >= 11 is 13.7. The summed E-state index contributed by atoms with van der Waals surface area (Å²) in [4.78, 5) is 12.5. The van der Waals surface area contributed by atoms with E-state index in [2.05, 4.69) is 5.32 Å². The van der Waals surface area contributed by atoms with Gasteiger partial charge in [0.15, 0.2) is 6.10 Å². The molecule has 2 aromatic carbocycles. The minimum absolute atomic E-state index is 0.0603. The van der Waals surface area contributed by atoms with E-state index < -0.39 is 16.1 Å². The Balaban J connectivity index is 1.52. The van der Waals surface area contributed by atoms with Crippen molar-refractivity contribution >= 4 is 56.6 Å². The first-order valence-corrected chi connectivity index (χ1v) is 12.5. The van der Waals surface area contributed by atoms with Crippen molar-refractivity contribution in [3.8, 4) is 5.75 Å². The van der Waals surface area contributed by atoms with Gasteiger partial charge >= 0.3 is 0 Å². The summed E-state index contributed by atoms with van der Waals surface area (Å²) in [6.07, 6.45) is 0.207. The molecule has 0 aliphatic carbocycles. The quantitative estimate of drug-likeness (QED) is 0.620. The number of fused-ring (bicyclic) bond motifs is 1. The molecule has 1 amide bonds. The number of nitrogens with one attached hydrogen (secondary N) is 1. The molecule has 156 valence electrons. The van der Waals surface area contributed by atoms with Crippen LogP contribution >= 0.6 is 35.0 Å². The number of hydrogen-bond donors (Lipinski definition) is 1. The van der Waals surface area contributed by atoms with E-state index in [-0.39, 0.29) is 12.5 Å². The normalized spacial score (nSPS) is 16.1. The molecule has 1 aliphatic rings. The zero-order chi connectivity index (χ0) is 21.0. The molecule has 0 saturated heterocycles. The van der Waals surface area contributed by atoms with Crippen LogP contribution in [0, 0.1) is 0 Å². The van der Waals surface area contributed by atoms with Crippen molar-refractivity contribution in [2.24, 2.45) is 0 Å². The highest BCUT2D eigenvalue weighted by molar-refractivity contribution is 7.98. The average molecular weight is 475 g/mol. The molecule has 1 aliphatic heterocycles. The van der Waals surface area contributed by atoms with Crippen molar-refractivity contribution in [1.82, 2.24) is 5.32 Å².